The van der Waals surface area contributed by atoms with Crippen LogP contribution in [0.5, 0.6) is 0 Å². The molecule has 21 heavy (non-hydrogen) atoms. The first-order valence-corrected chi connectivity index (χ1v) is 7.93. The van der Waals surface area contributed by atoms with E-state index in [0.717, 1.165) is 43.4 Å². The van der Waals surface area contributed by atoms with E-state index >= 15 is 0 Å². The average Bonchev–Trinajstić information content (AvgIpc) is 3.13. The maximum atomic E-state index is 12.4. The number of amides is 1. The number of aliphatic hydroxyl groups is 1. The van der Waals surface area contributed by atoms with Crippen LogP contribution in [-0.2, 0) is 9.59 Å². The van der Waals surface area contributed by atoms with Gasteiger partial charge in [-0.2, -0.15) is 0 Å². The maximum Gasteiger partial charge on any atom is 0.234 e. The Kier molecular flexibility index (Phi) is 3.52. The Balaban J connectivity index is 1.65. The Bertz CT molecular complexity index is 542. The lowest BCUT2D eigenvalue weighted by Crippen LogP contribution is -2.33. The number of rotatable bonds is 5. The summed E-state index contributed by atoms with van der Waals surface area (Å²) in [5.41, 5.74) is 1.50. The summed E-state index contributed by atoms with van der Waals surface area (Å²) in [6.45, 7) is 4.45. The van der Waals surface area contributed by atoms with Crippen molar-refractivity contribution in [1.29, 1.82) is 0 Å². The lowest BCUT2D eigenvalue weighted by molar-refractivity contribution is -0.130. The summed E-state index contributed by atoms with van der Waals surface area (Å²) in [6.07, 6.45) is 7.87. The summed E-state index contributed by atoms with van der Waals surface area (Å²) in [5, 5.41) is 9.84. The van der Waals surface area contributed by atoms with Gasteiger partial charge < -0.3 is 10.0 Å². The van der Waals surface area contributed by atoms with Gasteiger partial charge in [-0.1, -0.05) is 6.08 Å². The van der Waals surface area contributed by atoms with E-state index in [2.05, 4.69) is 0 Å². The Morgan fingerprint density at radius 1 is 1.19 bits per heavy atom. The summed E-state index contributed by atoms with van der Waals surface area (Å²) in [7, 11) is 0. The van der Waals surface area contributed by atoms with Crippen molar-refractivity contribution in [3.63, 3.8) is 0 Å². The zero-order chi connectivity index (χ0) is 15.2. The van der Waals surface area contributed by atoms with Crippen molar-refractivity contribution in [2.24, 2.45) is 11.8 Å². The molecule has 0 aromatic rings. The average molecular weight is 289 g/mol. The highest BCUT2D eigenvalue weighted by molar-refractivity contribution is 5.99. The van der Waals surface area contributed by atoms with Crippen molar-refractivity contribution in [2.45, 2.75) is 51.6 Å². The molecule has 0 aromatic carbocycles. The quantitative estimate of drug-likeness (QED) is 0.789. The number of unbranched alkanes of at least 4 members (excludes halogenated alkanes) is 1. The van der Waals surface area contributed by atoms with E-state index < -0.39 is 5.60 Å². The summed E-state index contributed by atoms with van der Waals surface area (Å²) >= 11 is 0. The van der Waals surface area contributed by atoms with Gasteiger partial charge in [0.05, 0.1) is 17.4 Å². The molecule has 0 bridgehead atoms. The van der Waals surface area contributed by atoms with Crippen LogP contribution in [0.2, 0.25) is 0 Å². The highest BCUT2D eigenvalue weighted by Gasteiger charge is 2.41. The van der Waals surface area contributed by atoms with Crippen molar-refractivity contribution in [1.82, 2.24) is 4.90 Å². The van der Waals surface area contributed by atoms with E-state index in [0.29, 0.717) is 6.54 Å². The van der Waals surface area contributed by atoms with Gasteiger partial charge in [0, 0.05) is 12.2 Å². The minimum atomic E-state index is -0.413. The molecule has 2 atom stereocenters. The topological polar surface area (TPSA) is 57.6 Å². The second-order valence-corrected chi connectivity index (χ2v) is 6.69. The van der Waals surface area contributed by atoms with Crippen LogP contribution in [0, 0.1) is 11.8 Å². The van der Waals surface area contributed by atoms with Crippen LogP contribution in [0.3, 0.4) is 0 Å². The van der Waals surface area contributed by atoms with E-state index in [4.69, 9.17) is 0 Å². The SMILES string of the molecule is CC1C(=O)N(CCCCC2(O)CC2)C2=C1C=CC(=O)C2C. The van der Waals surface area contributed by atoms with Crippen LogP contribution in [0.25, 0.3) is 0 Å². The molecule has 3 aliphatic rings. The van der Waals surface area contributed by atoms with Crippen LogP contribution in [-0.4, -0.2) is 33.8 Å². The largest absolute Gasteiger partial charge is 0.390 e. The lowest BCUT2D eigenvalue weighted by Gasteiger charge is -2.25. The zero-order valence-corrected chi connectivity index (χ0v) is 12.8. The van der Waals surface area contributed by atoms with E-state index in [-0.39, 0.29) is 23.5 Å². The summed E-state index contributed by atoms with van der Waals surface area (Å²) in [6, 6.07) is 0. The molecule has 0 aromatic heterocycles. The first kappa shape index (κ1) is 14.5. The molecular weight excluding hydrogens is 266 g/mol. The van der Waals surface area contributed by atoms with Gasteiger partial charge in [-0.25, -0.2) is 0 Å². The summed E-state index contributed by atoms with van der Waals surface area (Å²) < 4.78 is 0. The molecule has 1 heterocycles. The smallest absolute Gasteiger partial charge is 0.234 e. The standard InChI is InChI=1S/C17H23NO3/c1-11-13-5-6-14(19)12(2)15(13)18(16(11)20)10-4-3-7-17(21)8-9-17/h5-6,11-12,21H,3-4,7-10H2,1-2H3. The van der Waals surface area contributed by atoms with E-state index in [1.54, 1.807) is 6.08 Å². The molecule has 2 aliphatic carbocycles. The number of carbonyl (C=O) groups is 2. The number of hydrogen-bond donors (Lipinski definition) is 1. The molecule has 2 unspecified atom stereocenters. The van der Waals surface area contributed by atoms with Crippen LogP contribution >= 0.6 is 0 Å². The van der Waals surface area contributed by atoms with Gasteiger partial charge in [0.15, 0.2) is 5.78 Å². The Morgan fingerprint density at radius 3 is 2.57 bits per heavy atom. The van der Waals surface area contributed by atoms with Gasteiger partial charge in [-0.15, -0.1) is 0 Å². The molecule has 0 saturated heterocycles. The Morgan fingerprint density at radius 2 is 1.90 bits per heavy atom. The third-order valence-electron chi connectivity index (χ3n) is 5.05. The molecule has 1 saturated carbocycles. The molecule has 0 spiro atoms. The second-order valence-electron chi connectivity index (χ2n) is 6.69. The fourth-order valence-corrected chi connectivity index (χ4v) is 3.38. The highest BCUT2D eigenvalue weighted by atomic mass is 16.3. The van der Waals surface area contributed by atoms with Crippen molar-refractivity contribution in [3.05, 3.63) is 23.4 Å². The molecule has 0 radical (unpaired) electrons. The molecule has 4 heteroatoms. The van der Waals surface area contributed by atoms with Crippen molar-refractivity contribution >= 4 is 11.7 Å². The number of allylic oxidation sites excluding steroid dienone is 3. The van der Waals surface area contributed by atoms with Crippen molar-refractivity contribution < 1.29 is 14.7 Å². The van der Waals surface area contributed by atoms with E-state index in [9.17, 15) is 14.7 Å². The van der Waals surface area contributed by atoms with Crippen molar-refractivity contribution in [2.75, 3.05) is 6.54 Å². The number of nitrogens with zero attached hydrogens (tertiary/aromatic N) is 1. The minimum absolute atomic E-state index is 0.0768. The monoisotopic (exact) mass is 289 g/mol. The molecular formula is C17H23NO3. The predicted molar refractivity (Wildman–Crippen MR) is 79.2 cm³/mol. The van der Waals surface area contributed by atoms with Crippen LogP contribution < -0.4 is 0 Å². The molecule has 1 fully saturated rings. The fourth-order valence-electron chi connectivity index (χ4n) is 3.38. The van der Waals surface area contributed by atoms with E-state index in [1.807, 2.05) is 24.8 Å². The maximum absolute atomic E-state index is 12.4. The van der Waals surface area contributed by atoms with Gasteiger partial charge in [-0.3, -0.25) is 9.59 Å². The van der Waals surface area contributed by atoms with Gasteiger partial charge in [0.1, 0.15) is 0 Å². The Hall–Kier alpha value is -1.42. The van der Waals surface area contributed by atoms with Gasteiger partial charge in [0.25, 0.3) is 0 Å². The van der Waals surface area contributed by atoms with Gasteiger partial charge in [-0.05, 0) is 57.6 Å². The van der Waals surface area contributed by atoms with Gasteiger partial charge in [0.2, 0.25) is 5.91 Å². The first-order valence-electron chi connectivity index (χ1n) is 7.93. The third-order valence-corrected chi connectivity index (χ3v) is 5.05. The third kappa shape index (κ3) is 2.57. The van der Waals surface area contributed by atoms with E-state index in [1.165, 1.54) is 0 Å². The normalized spacial score (nSPS) is 30.1. The number of ketones is 1. The summed E-state index contributed by atoms with van der Waals surface area (Å²) in [4.78, 5) is 26.1. The van der Waals surface area contributed by atoms with Crippen molar-refractivity contribution in [3.8, 4) is 0 Å². The minimum Gasteiger partial charge on any atom is -0.390 e. The number of carbonyl (C=O) groups excluding carboxylic acids is 2. The first-order chi connectivity index (χ1) is 9.93. The fraction of sp³-hybridized carbons (Fsp3) is 0.647. The lowest BCUT2D eigenvalue weighted by atomic mass is 9.89. The number of hydrogen-bond acceptors (Lipinski definition) is 3. The molecule has 3 rings (SSSR count). The predicted octanol–water partition coefficient (Wildman–Crippen LogP) is 2.19. The Labute approximate surface area is 125 Å². The second kappa shape index (κ2) is 5.09. The molecule has 4 nitrogen and oxygen atoms in total. The van der Waals surface area contributed by atoms with Crippen LogP contribution in [0.1, 0.15) is 46.0 Å². The van der Waals surface area contributed by atoms with Gasteiger partial charge >= 0.3 is 0 Å². The molecule has 114 valence electrons. The molecule has 1 N–H and O–H groups in total. The summed E-state index contributed by atoms with van der Waals surface area (Å²) in [5.74, 6) is -0.171. The van der Waals surface area contributed by atoms with Crippen LogP contribution in [0.4, 0.5) is 0 Å². The zero-order valence-electron chi connectivity index (χ0n) is 12.8. The van der Waals surface area contributed by atoms with Crippen LogP contribution in [0.15, 0.2) is 23.4 Å². The molecule has 1 aliphatic heterocycles. The highest BCUT2D eigenvalue weighted by Crippen LogP contribution is 2.40. The molecule has 1 amide bonds.